The third-order valence-electron chi connectivity index (χ3n) is 7.04. The lowest BCUT2D eigenvalue weighted by molar-refractivity contribution is -0.870. The normalized spacial score (nSPS) is 14.8. The van der Waals surface area contributed by atoms with Gasteiger partial charge in [0.25, 0.3) is 7.82 Å². The van der Waals surface area contributed by atoms with E-state index in [1.165, 1.54) is 38.5 Å². The van der Waals surface area contributed by atoms with E-state index in [1.807, 2.05) is 88.0 Å². The van der Waals surface area contributed by atoms with Gasteiger partial charge in [0.15, 0.2) is 6.10 Å². The van der Waals surface area contributed by atoms with Gasteiger partial charge >= 0.3 is 11.9 Å². The number of phosphoric ester groups is 1. The highest BCUT2D eigenvalue weighted by molar-refractivity contribution is 7.45. The van der Waals surface area contributed by atoms with Crippen molar-refractivity contribution in [3.63, 3.8) is 0 Å². The summed E-state index contributed by atoms with van der Waals surface area (Å²) in [5.74, 6) is -1.01. The summed E-state index contributed by atoms with van der Waals surface area (Å²) in [7, 11) is 1.08. The lowest BCUT2D eigenvalue weighted by atomic mass is 10.1. The molecular weight excluding hydrogens is 653 g/mol. The van der Waals surface area contributed by atoms with E-state index in [9.17, 15) is 19.0 Å². The van der Waals surface area contributed by atoms with Crippen LogP contribution in [0.2, 0.25) is 0 Å². The molecule has 0 aliphatic heterocycles. The Bertz CT molecular complexity index is 1130. The number of nitrogens with zero attached hydrogens (tertiary/aromatic N) is 1. The molecule has 0 heterocycles. The van der Waals surface area contributed by atoms with Crippen molar-refractivity contribution >= 4 is 19.8 Å². The van der Waals surface area contributed by atoms with E-state index < -0.39 is 32.5 Å². The van der Waals surface area contributed by atoms with Crippen LogP contribution in [0.15, 0.2) is 85.1 Å². The maximum atomic E-state index is 12.5. The summed E-state index contributed by atoms with van der Waals surface area (Å²) in [6.45, 7) is 3.87. The zero-order valence-electron chi connectivity index (χ0n) is 31.5. The number of carbonyl (C=O) groups excluding carboxylic acids is 2. The number of phosphoric acid groups is 1. The van der Waals surface area contributed by atoms with Gasteiger partial charge in [0.05, 0.1) is 27.7 Å². The van der Waals surface area contributed by atoms with Crippen LogP contribution in [0, 0.1) is 0 Å². The fraction of sp³-hybridized carbons (Fsp3) is 0.600. The minimum absolute atomic E-state index is 0.0560. The second-order valence-corrected chi connectivity index (χ2v) is 14.4. The summed E-state index contributed by atoms with van der Waals surface area (Å²) in [6, 6.07) is 0. The molecule has 0 bridgehead atoms. The van der Waals surface area contributed by atoms with Gasteiger partial charge in [-0.2, -0.15) is 0 Å². The summed E-state index contributed by atoms with van der Waals surface area (Å²) >= 11 is 0. The Morgan fingerprint density at radius 2 is 1.26 bits per heavy atom. The van der Waals surface area contributed by atoms with E-state index in [4.69, 9.17) is 18.5 Å². The Morgan fingerprint density at radius 3 is 1.92 bits per heavy atom. The molecule has 0 saturated heterocycles. The van der Waals surface area contributed by atoms with Gasteiger partial charge in [0.2, 0.25) is 0 Å². The summed E-state index contributed by atoms with van der Waals surface area (Å²) in [5.41, 5.74) is 0. The van der Waals surface area contributed by atoms with Crippen LogP contribution in [-0.2, 0) is 32.7 Å². The number of likely N-dealkylation sites (N-methyl/N-ethyl adjacent to an activating group) is 1. The van der Waals surface area contributed by atoms with Gasteiger partial charge in [-0.3, -0.25) is 14.2 Å². The SMILES string of the molecule is CC/C=C/C=C/C=C/C=C/C=C/CCCC(=O)OCC(COP(=O)([O-])OCC[N+](C)(C)C)OC(=O)CC/C=C/C/C=C/CCCCCCCC. The number of unbranched alkanes of at least 4 members (excludes halogenated alkanes) is 7. The molecule has 0 aliphatic carbocycles. The molecule has 0 radical (unpaired) electrons. The van der Waals surface area contributed by atoms with Crippen LogP contribution in [-0.4, -0.2) is 70.0 Å². The van der Waals surface area contributed by atoms with E-state index in [0.29, 0.717) is 30.3 Å². The highest BCUT2D eigenvalue weighted by atomic mass is 31.2. The van der Waals surface area contributed by atoms with Crippen molar-refractivity contribution in [2.75, 3.05) is 47.5 Å². The Kier molecular flexibility index (Phi) is 30.3. The monoisotopic (exact) mass is 719 g/mol. The number of allylic oxidation sites excluding steroid dienone is 14. The van der Waals surface area contributed by atoms with Crippen LogP contribution < -0.4 is 4.89 Å². The van der Waals surface area contributed by atoms with Gasteiger partial charge < -0.3 is 27.9 Å². The minimum atomic E-state index is -4.65. The third kappa shape index (κ3) is 35.0. The molecule has 0 amide bonds. The van der Waals surface area contributed by atoms with Gasteiger partial charge in [-0.05, 0) is 44.9 Å². The van der Waals surface area contributed by atoms with Crippen molar-refractivity contribution in [2.24, 2.45) is 0 Å². The van der Waals surface area contributed by atoms with Crippen LogP contribution in [0.3, 0.4) is 0 Å². The Hall–Kier alpha value is -2.81. The van der Waals surface area contributed by atoms with Gasteiger partial charge in [-0.15, -0.1) is 0 Å². The first-order chi connectivity index (χ1) is 24.0. The number of carbonyl (C=O) groups is 2. The molecule has 0 spiro atoms. The van der Waals surface area contributed by atoms with Gasteiger partial charge in [-0.25, -0.2) is 0 Å². The average molecular weight is 720 g/mol. The van der Waals surface area contributed by atoms with Crippen molar-refractivity contribution in [1.29, 1.82) is 0 Å². The third-order valence-corrected chi connectivity index (χ3v) is 8.00. The Labute approximate surface area is 303 Å². The average Bonchev–Trinajstić information content (AvgIpc) is 3.06. The first-order valence-corrected chi connectivity index (χ1v) is 19.8. The summed E-state index contributed by atoms with van der Waals surface area (Å²) in [5, 5.41) is 0. The van der Waals surface area contributed by atoms with Crippen LogP contribution in [0.1, 0.15) is 104 Å². The van der Waals surface area contributed by atoms with Gasteiger partial charge in [0.1, 0.15) is 19.8 Å². The molecule has 9 nitrogen and oxygen atoms in total. The standard InChI is InChI=1S/C40H66NO8P/c1-6-8-10-12-14-16-18-20-22-24-26-28-30-32-39(42)46-36-38(37-48-50(44,45)47-35-34-41(3,4)5)49-40(43)33-31-29-27-25-23-21-19-17-15-13-11-9-7-2/h8,10,12,14,16,18,20-24,26-27,29,38H,6-7,9,11,13,15,17,19,25,28,30-37H2,1-5H3/b10-8+,14-12+,18-16+,22-20+,23-21+,26-24+,29-27+. The highest BCUT2D eigenvalue weighted by Crippen LogP contribution is 2.38. The van der Waals surface area contributed by atoms with Crippen LogP contribution >= 0.6 is 7.82 Å². The number of quaternary nitrogens is 1. The summed E-state index contributed by atoms with van der Waals surface area (Å²) in [4.78, 5) is 37.2. The molecular formula is C40H66NO8P. The van der Waals surface area contributed by atoms with E-state index in [2.05, 4.69) is 32.1 Å². The number of ether oxygens (including phenoxy) is 2. The van der Waals surface area contributed by atoms with E-state index in [-0.39, 0.29) is 26.1 Å². The first-order valence-electron chi connectivity index (χ1n) is 18.4. The quantitative estimate of drug-likeness (QED) is 0.0174. The van der Waals surface area contributed by atoms with Crippen molar-refractivity contribution in [3.05, 3.63) is 85.1 Å². The molecule has 0 aliphatic rings. The van der Waals surface area contributed by atoms with Crippen LogP contribution in [0.4, 0.5) is 0 Å². The lowest BCUT2D eigenvalue weighted by Crippen LogP contribution is -2.37. The second-order valence-electron chi connectivity index (χ2n) is 13.0. The Balaban J connectivity index is 4.70. The molecule has 284 valence electrons. The largest absolute Gasteiger partial charge is 0.756 e. The van der Waals surface area contributed by atoms with Crippen molar-refractivity contribution in [3.8, 4) is 0 Å². The lowest BCUT2D eigenvalue weighted by Gasteiger charge is -2.28. The molecule has 0 aromatic carbocycles. The van der Waals surface area contributed by atoms with Crippen molar-refractivity contribution in [2.45, 2.75) is 110 Å². The van der Waals surface area contributed by atoms with Crippen molar-refractivity contribution in [1.82, 2.24) is 0 Å². The summed E-state index contributed by atoms with van der Waals surface area (Å²) in [6.07, 6.45) is 39.3. The van der Waals surface area contributed by atoms with Gasteiger partial charge in [-0.1, -0.05) is 131 Å². The number of hydrogen-bond acceptors (Lipinski definition) is 8. The zero-order valence-corrected chi connectivity index (χ0v) is 32.4. The molecule has 50 heavy (non-hydrogen) atoms. The van der Waals surface area contributed by atoms with E-state index in [1.54, 1.807) is 0 Å². The number of esters is 2. The van der Waals surface area contributed by atoms with E-state index >= 15 is 0 Å². The zero-order chi connectivity index (χ0) is 37.2. The molecule has 0 N–H and O–H groups in total. The maximum Gasteiger partial charge on any atom is 0.306 e. The maximum absolute atomic E-state index is 12.5. The fourth-order valence-electron chi connectivity index (χ4n) is 4.15. The first kappa shape index (κ1) is 47.2. The topological polar surface area (TPSA) is 111 Å². The molecule has 0 rings (SSSR count). The second kappa shape index (κ2) is 32.1. The molecule has 10 heteroatoms. The molecule has 2 atom stereocenters. The van der Waals surface area contributed by atoms with Gasteiger partial charge in [0, 0.05) is 12.8 Å². The fourth-order valence-corrected chi connectivity index (χ4v) is 4.87. The van der Waals surface area contributed by atoms with Crippen LogP contribution in [0.25, 0.3) is 0 Å². The van der Waals surface area contributed by atoms with Crippen LogP contribution in [0.5, 0.6) is 0 Å². The highest BCUT2D eigenvalue weighted by Gasteiger charge is 2.21. The summed E-state index contributed by atoms with van der Waals surface area (Å²) < 4.78 is 33.5. The predicted molar refractivity (Wildman–Crippen MR) is 203 cm³/mol. The molecule has 0 aromatic heterocycles. The molecule has 0 aromatic rings. The predicted octanol–water partition coefficient (Wildman–Crippen LogP) is 9.04. The molecule has 2 unspecified atom stereocenters. The van der Waals surface area contributed by atoms with Crippen molar-refractivity contribution < 1.29 is 42.1 Å². The number of rotatable bonds is 31. The smallest absolute Gasteiger partial charge is 0.306 e. The Morgan fingerprint density at radius 1 is 0.660 bits per heavy atom. The number of hydrogen-bond donors (Lipinski definition) is 0. The molecule has 0 saturated carbocycles. The van der Waals surface area contributed by atoms with E-state index in [0.717, 1.165) is 19.3 Å². The minimum Gasteiger partial charge on any atom is -0.756 e. The molecule has 0 fully saturated rings.